The number of aryl methyl sites for hydroxylation is 1. The van der Waals surface area contributed by atoms with Crippen molar-refractivity contribution < 1.29 is 19.4 Å². The molecule has 0 spiro atoms. The van der Waals surface area contributed by atoms with Gasteiger partial charge in [0, 0.05) is 6.07 Å². The first-order chi connectivity index (χ1) is 11.7. The van der Waals surface area contributed by atoms with Crippen molar-refractivity contribution in [1.29, 1.82) is 0 Å². The molecule has 128 valence electrons. The first-order valence-corrected chi connectivity index (χ1v) is 8.26. The van der Waals surface area contributed by atoms with Crippen LogP contribution in [-0.4, -0.2) is 18.2 Å². The van der Waals surface area contributed by atoms with Gasteiger partial charge in [-0.2, -0.15) is 0 Å². The van der Waals surface area contributed by atoms with E-state index in [1.165, 1.54) is 13.2 Å². The first kappa shape index (κ1) is 17.9. The fourth-order valence-corrected chi connectivity index (χ4v) is 2.61. The van der Waals surface area contributed by atoms with Crippen LogP contribution in [0, 0.1) is 0 Å². The summed E-state index contributed by atoms with van der Waals surface area (Å²) in [5.74, 6) is 0.0136. The second-order valence-electron chi connectivity index (χ2n) is 5.70. The topological polar surface area (TPSA) is 55.8 Å². The number of phenolic OH excluding ortho intramolecular Hbond substituents is 1. The summed E-state index contributed by atoms with van der Waals surface area (Å²) in [5.41, 5.74) is 2.09. The lowest BCUT2D eigenvalue weighted by Gasteiger charge is -2.14. The van der Waals surface area contributed by atoms with Gasteiger partial charge in [-0.25, -0.2) is 4.79 Å². The van der Waals surface area contributed by atoms with Crippen molar-refractivity contribution in [3.63, 3.8) is 0 Å². The van der Waals surface area contributed by atoms with Gasteiger partial charge >= 0.3 is 5.97 Å². The fourth-order valence-electron chi connectivity index (χ4n) is 2.61. The maximum absolute atomic E-state index is 12.6. The minimum Gasteiger partial charge on any atom is -0.508 e. The van der Waals surface area contributed by atoms with Gasteiger partial charge in [-0.05, 0) is 30.0 Å². The number of aromatic hydroxyl groups is 1. The van der Waals surface area contributed by atoms with E-state index in [0.29, 0.717) is 17.7 Å². The fraction of sp³-hybridized carbons (Fsp3) is 0.350. The number of esters is 1. The molecule has 0 atom stereocenters. The third-order valence-corrected chi connectivity index (χ3v) is 3.86. The lowest BCUT2D eigenvalue weighted by Crippen LogP contribution is -2.11. The van der Waals surface area contributed by atoms with Crippen molar-refractivity contribution in [1.82, 2.24) is 0 Å². The Balaban J connectivity index is 2.20. The van der Waals surface area contributed by atoms with Crippen LogP contribution in [-0.2, 0) is 17.8 Å². The van der Waals surface area contributed by atoms with Crippen molar-refractivity contribution in [2.75, 3.05) is 7.11 Å². The number of ether oxygens (including phenoxy) is 2. The molecular formula is C20H24O4. The molecule has 0 aliphatic heterocycles. The number of hydrogen-bond acceptors (Lipinski definition) is 4. The number of benzene rings is 2. The van der Waals surface area contributed by atoms with Gasteiger partial charge in [0.15, 0.2) is 0 Å². The Labute approximate surface area is 143 Å². The van der Waals surface area contributed by atoms with Crippen molar-refractivity contribution in [2.24, 2.45) is 0 Å². The highest BCUT2D eigenvalue weighted by atomic mass is 16.5. The number of hydrogen-bond donors (Lipinski definition) is 1. The molecule has 0 amide bonds. The molecule has 1 N–H and O–H groups in total. The zero-order chi connectivity index (χ0) is 17.4. The standard InChI is InChI=1S/C20H24O4/c1-3-4-6-11-16-12-17(21)13-18(23-2)19(16)20(22)24-14-15-9-7-5-8-10-15/h5,7-10,12-13,21H,3-4,6,11,14H2,1-2H3. The maximum atomic E-state index is 12.6. The number of carbonyl (C=O) groups is 1. The predicted octanol–water partition coefficient (Wildman–Crippen LogP) is 4.49. The van der Waals surface area contributed by atoms with Gasteiger partial charge in [-0.15, -0.1) is 0 Å². The third kappa shape index (κ3) is 4.75. The van der Waals surface area contributed by atoms with E-state index in [1.54, 1.807) is 6.07 Å². The number of carbonyl (C=O) groups excluding carboxylic acids is 1. The van der Waals surface area contributed by atoms with Gasteiger partial charge in [0.05, 0.1) is 7.11 Å². The monoisotopic (exact) mass is 328 g/mol. The lowest BCUT2D eigenvalue weighted by molar-refractivity contribution is 0.0467. The van der Waals surface area contributed by atoms with Crippen LogP contribution in [0.15, 0.2) is 42.5 Å². The van der Waals surface area contributed by atoms with Crippen molar-refractivity contribution in [3.05, 3.63) is 59.2 Å². The highest BCUT2D eigenvalue weighted by Gasteiger charge is 2.20. The zero-order valence-corrected chi connectivity index (χ0v) is 14.2. The van der Waals surface area contributed by atoms with E-state index in [0.717, 1.165) is 30.4 Å². The van der Waals surface area contributed by atoms with Crippen molar-refractivity contribution in [2.45, 2.75) is 39.2 Å². The second kappa shape index (κ2) is 8.96. The minimum atomic E-state index is -0.429. The molecule has 0 radical (unpaired) electrons. The third-order valence-electron chi connectivity index (χ3n) is 3.86. The molecule has 0 fully saturated rings. The molecule has 2 aromatic carbocycles. The summed E-state index contributed by atoms with van der Waals surface area (Å²) in [6, 6.07) is 12.6. The number of rotatable bonds is 8. The average Bonchev–Trinajstić information content (AvgIpc) is 2.60. The van der Waals surface area contributed by atoms with Crippen molar-refractivity contribution >= 4 is 5.97 Å². The maximum Gasteiger partial charge on any atom is 0.342 e. The molecule has 0 unspecified atom stereocenters. The molecule has 2 rings (SSSR count). The Morgan fingerprint density at radius 3 is 2.54 bits per heavy atom. The molecule has 0 bridgehead atoms. The minimum absolute atomic E-state index is 0.0953. The normalized spacial score (nSPS) is 10.4. The highest BCUT2D eigenvalue weighted by molar-refractivity contribution is 5.94. The van der Waals surface area contributed by atoms with Gasteiger partial charge < -0.3 is 14.6 Å². The molecule has 4 nitrogen and oxygen atoms in total. The van der Waals surface area contributed by atoms with Crippen LogP contribution >= 0.6 is 0 Å². The highest BCUT2D eigenvalue weighted by Crippen LogP contribution is 2.30. The number of methoxy groups -OCH3 is 1. The Bertz CT molecular complexity index is 665. The van der Waals surface area contributed by atoms with Gasteiger partial charge in [0.2, 0.25) is 0 Å². The summed E-state index contributed by atoms with van der Waals surface area (Å²) >= 11 is 0. The van der Waals surface area contributed by atoms with Crippen LogP contribution in [0.3, 0.4) is 0 Å². The SMILES string of the molecule is CCCCCc1cc(O)cc(OC)c1C(=O)OCc1ccccc1. The number of unbranched alkanes of at least 4 members (excludes halogenated alkanes) is 2. The summed E-state index contributed by atoms with van der Waals surface area (Å²) < 4.78 is 10.7. The Hall–Kier alpha value is -2.49. The lowest BCUT2D eigenvalue weighted by atomic mass is 10.00. The molecule has 2 aromatic rings. The van der Waals surface area contributed by atoms with E-state index in [4.69, 9.17) is 9.47 Å². The van der Waals surface area contributed by atoms with Gasteiger partial charge in [0.25, 0.3) is 0 Å². The first-order valence-electron chi connectivity index (χ1n) is 8.26. The smallest absolute Gasteiger partial charge is 0.342 e. The Morgan fingerprint density at radius 1 is 1.12 bits per heavy atom. The van der Waals surface area contributed by atoms with E-state index in [-0.39, 0.29) is 12.4 Å². The van der Waals surface area contributed by atoms with Crippen molar-refractivity contribution in [3.8, 4) is 11.5 Å². The molecular weight excluding hydrogens is 304 g/mol. The molecule has 0 aromatic heterocycles. The van der Waals surface area contributed by atoms with Crippen LogP contribution < -0.4 is 4.74 Å². The van der Waals surface area contributed by atoms with E-state index in [2.05, 4.69) is 6.92 Å². The molecule has 0 heterocycles. The second-order valence-corrected chi connectivity index (χ2v) is 5.70. The molecule has 0 aliphatic rings. The van der Waals surface area contributed by atoms with Gasteiger partial charge in [-0.3, -0.25) is 0 Å². The van der Waals surface area contributed by atoms with Crippen LogP contribution in [0.2, 0.25) is 0 Å². The number of phenols is 1. The molecule has 4 heteroatoms. The summed E-state index contributed by atoms with van der Waals surface area (Å²) in [7, 11) is 1.48. The zero-order valence-electron chi connectivity index (χ0n) is 14.2. The van der Waals surface area contributed by atoms with Crippen LogP contribution in [0.1, 0.15) is 47.7 Å². The van der Waals surface area contributed by atoms with E-state index in [9.17, 15) is 9.90 Å². The Morgan fingerprint density at radius 2 is 1.88 bits per heavy atom. The predicted molar refractivity (Wildman–Crippen MR) is 93.4 cm³/mol. The molecule has 0 saturated heterocycles. The summed E-state index contributed by atoms with van der Waals surface area (Å²) in [6.45, 7) is 2.33. The quantitative estimate of drug-likeness (QED) is 0.573. The molecule has 24 heavy (non-hydrogen) atoms. The van der Waals surface area contributed by atoms with Gasteiger partial charge in [-0.1, -0.05) is 50.1 Å². The average molecular weight is 328 g/mol. The van der Waals surface area contributed by atoms with E-state index >= 15 is 0 Å². The van der Waals surface area contributed by atoms with Crippen LogP contribution in [0.5, 0.6) is 11.5 Å². The van der Waals surface area contributed by atoms with Crippen LogP contribution in [0.25, 0.3) is 0 Å². The summed E-state index contributed by atoms with van der Waals surface area (Å²) in [4.78, 5) is 12.6. The summed E-state index contributed by atoms with van der Waals surface area (Å²) in [6.07, 6.45) is 3.80. The van der Waals surface area contributed by atoms with E-state index < -0.39 is 5.97 Å². The summed E-state index contributed by atoms with van der Waals surface area (Å²) in [5, 5.41) is 9.86. The van der Waals surface area contributed by atoms with Crippen LogP contribution in [0.4, 0.5) is 0 Å². The molecule has 0 aliphatic carbocycles. The molecule has 0 saturated carbocycles. The van der Waals surface area contributed by atoms with Gasteiger partial charge in [0.1, 0.15) is 23.7 Å². The van der Waals surface area contributed by atoms with E-state index in [1.807, 2.05) is 30.3 Å². The largest absolute Gasteiger partial charge is 0.508 e. The Kier molecular flexibility index (Phi) is 6.67.